The van der Waals surface area contributed by atoms with Crippen molar-refractivity contribution in [3.63, 3.8) is 0 Å². The van der Waals surface area contributed by atoms with Gasteiger partial charge >= 0.3 is 0 Å². The molecule has 2 atom stereocenters. The molecule has 1 fully saturated rings. The van der Waals surface area contributed by atoms with Crippen molar-refractivity contribution in [2.75, 3.05) is 20.1 Å². The topological polar surface area (TPSA) is 49.5 Å². The smallest absolute Gasteiger partial charge is 0.119 e. The molecule has 3 N–H and O–H groups in total. The minimum absolute atomic E-state index is 0.344. The minimum Gasteiger partial charge on any atom is -0.508 e. The van der Waals surface area contributed by atoms with Crippen LogP contribution in [0.2, 0.25) is 0 Å². The zero-order chi connectivity index (χ0) is 14.2. The van der Waals surface area contributed by atoms with Crippen molar-refractivity contribution in [2.45, 2.75) is 39.2 Å². The van der Waals surface area contributed by atoms with Crippen LogP contribution in [0.1, 0.15) is 48.9 Å². The summed E-state index contributed by atoms with van der Waals surface area (Å²) in [5.74, 6) is 1.36. The number of hydrogen-bond acceptors (Lipinski definition) is 3. The number of aromatic hydroxyl groups is 1. The highest BCUT2D eigenvalue weighted by atomic mass is 16.3. The summed E-state index contributed by atoms with van der Waals surface area (Å²) in [6, 6.07) is 4.54. The molecule has 1 aliphatic heterocycles. The highest BCUT2D eigenvalue weighted by Gasteiger charge is 2.31. The molecule has 1 heterocycles. The minimum atomic E-state index is 0.344. The fourth-order valence-electron chi connectivity index (χ4n) is 3.19. The summed E-state index contributed by atoms with van der Waals surface area (Å²) in [5, 5.41) is 10.1. The Bertz CT molecular complexity index is 456. The highest BCUT2D eigenvalue weighted by molar-refractivity contribution is 5.44. The van der Waals surface area contributed by atoms with Crippen LogP contribution >= 0.6 is 0 Å². The molecule has 3 nitrogen and oxygen atoms in total. The summed E-state index contributed by atoms with van der Waals surface area (Å²) in [4.78, 5) is 2.39. The SMILES string of the molecule is Cc1cc(O)c(C(C)C)cc1C1CC(CN)CN1C. The summed E-state index contributed by atoms with van der Waals surface area (Å²) in [5.41, 5.74) is 9.38. The molecule has 1 aromatic carbocycles. The van der Waals surface area contributed by atoms with E-state index < -0.39 is 0 Å². The van der Waals surface area contributed by atoms with Gasteiger partial charge in [0.2, 0.25) is 0 Å². The van der Waals surface area contributed by atoms with E-state index in [2.05, 4.69) is 38.8 Å². The van der Waals surface area contributed by atoms with Crippen molar-refractivity contribution >= 4 is 0 Å². The Morgan fingerprint density at radius 1 is 1.42 bits per heavy atom. The van der Waals surface area contributed by atoms with Gasteiger partial charge in [-0.15, -0.1) is 0 Å². The molecule has 0 aliphatic carbocycles. The number of phenols is 1. The lowest BCUT2D eigenvalue weighted by molar-refractivity contribution is 0.312. The summed E-state index contributed by atoms with van der Waals surface area (Å²) >= 11 is 0. The van der Waals surface area contributed by atoms with E-state index in [4.69, 9.17) is 5.73 Å². The maximum Gasteiger partial charge on any atom is 0.119 e. The number of hydrogen-bond donors (Lipinski definition) is 2. The first kappa shape index (κ1) is 14.4. The average Bonchev–Trinajstić information content (AvgIpc) is 2.70. The van der Waals surface area contributed by atoms with Crippen LogP contribution in [-0.4, -0.2) is 30.1 Å². The highest BCUT2D eigenvalue weighted by Crippen LogP contribution is 2.38. The number of nitrogens with two attached hydrogens (primary N) is 1. The van der Waals surface area contributed by atoms with Crippen molar-refractivity contribution in [3.05, 3.63) is 28.8 Å². The van der Waals surface area contributed by atoms with Gasteiger partial charge in [0.1, 0.15) is 5.75 Å². The Labute approximate surface area is 116 Å². The van der Waals surface area contributed by atoms with Gasteiger partial charge in [0.05, 0.1) is 0 Å². The molecule has 2 rings (SSSR count). The third kappa shape index (κ3) is 2.77. The number of benzene rings is 1. The monoisotopic (exact) mass is 262 g/mol. The fraction of sp³-hybridized carbons (Fsp3) is 0.625. The zero-order valence-corrected chi connectivity index (χ0v) is 12.5. The van der Waals surface area contributed by atoms with E-state index in [0.29, 0.717) is 23.6 Å². The number of phenolic OH excluding ortho intramolecular Hbond substituents is 1. The average molecular weight is 262 g/mol. The number of rotatable bonds is 3. The molecule has 19 heavy (non-hydrogen) atoms. The Hall–Kier alpha value is -1.06. The van der Waals surface area contributed by atoms with E-state index in [1.807, 2.05) is 6.07 Å². The zero-order valence-electron chi connectivity index (χ0n) is 12.5. The second-order valence-corrected chi connectivity index (χ2v) is 6.22. The van der Waals surface area contributed by atoms with E-state index in [1.165, 1.54) is 11.1 Å². The Balaban J connectivity index is 2.37. The molecule has 1 aliphatic rings. The first-order valence-corrected chi connectivity index (χ1v) is 7.17. The molecule has 3 heteroatoms. The molecule has 1 saturated heterocycles. The van der Waals surface area contributed by atoms with Gasteiger partial charge < -0.3 is 10.8 Å². The van der Waals surface area contributed by atoms with Crippen molar-refractivity contribution in [1.82, 2.24) is 4.90 Å². The van der Waals surface area contributed by atoms with Crippen LogP contribution in [0.25, 0.3) is 0 Å². The number of aryl methyl sites for hydroxylation is 1. The molecule has 0 bridgehead atoms. The van der Waals surface area contributed by atoms with Gasteiger partial charge in [-0.1, -0.05) is 19.9 Å². The van der Waals surface area contributed by atoms with Gasteiger partial charge in [-0.05, 0) is 61.5 Å². The van der Waals surface area contributed by atoms with Crippen LogP contribution in [0, 0.1) is 12.8 Å². The van der Waals surface area contributed by atoms with Crippen molar-refractivity contribution < 1.29 is 5.11 Å². The molecular formula is C16H26N2O. The predicted molar refractivity (Wildman–Crippen MR) is 79.5 cm³/mol. The number of likely N-dealkylation sites (tertiary alicyclic amines) is 1. The molecule has 1 aromatic rings. The molecule has 2 unspecified atom stereocenters. The van der Waals surface area contributed by atoms with Crippen molar-refractivity contribution in [3.8, 4) is 5.75 Å². The van der Waals surface area contributed by atoms with Gasteiger partial charge in [0, 0.05) is 12.6 Å². The fourth-order valence-corrected chi connectivity index (χ4v) is 3.19. The summed E-state index contributed by atoms with van der Waals surface area (Å²) in [6.45, 7) is 8.15. The second kappa shape index (κ2) is 5.51. The van der Waals surface area contributed by atoms with Gasteiger partial charge in [-0.3, -0.25) is 4.90 Å². The largest absolute Gasteiger partial charge is 0.508 e. The summed E-state index contributed by atoms with van der Waals surface area (Å²) < 4.78 is 0. The van der Waals surface area contributed by atoms with Gasteiger partial charge in [0.25, 0.3) is 0 Å². The van der Waals surface area contributed by atoms with E-state index >= 15 is 0 Å². The molecule has 0 radical (unpaired) electrons. The van der Waals surface area contributed by atoms with Gasteiger partial charge in [-0.25, -0.2) is 0 Å². The molecular weight excluding hydrogens is 236 g/mol. The van der Waals surface area contributed by atoms with Gasteiger partial charge in [-0.2, -0.15) is 0 Å². The molecule has 0 spiro atoms. The maximum absolute atomic E-state index is 10.1. The predicted octanol–water partition coefficient (Wildman–Crippen LogP) is 2.78. The first-order valence-electron chi connectivity index (χ1n) is 7.17. The molecule has 106 valence electrons. The lowest BCUT2D eigenvalue weighted by Crippen LogP contribution is -2.21. The normalized spacial score (nSPS) is 24.3. The van der Waals surface area contributed by atoms with E-state index in [-0.39, 0.29) is 0 Å². The van der Waals surface area contributed by atoms with Crippen LogP contribution in [0.4, 0.5) is 0 Å². The lowest BCUT2D eigenvalue weighted by Gasteiger charge is -2.23. The molecule has 0 saturated carbocycles. The number of nitrogens with zero attached hydrogens (tertiary/aromatic N) is 1. The van der Waals surface area contributed by atoms with E-state index in [9.17, 15) is 5.11 Å². The van der Waals surface area contributed by atoms with E-state index in [1.54, 1.807) is 0 Å². The molecule has 0 aromatic heterocycles. The quantitative estimate of drug-likeness (QED) is 0.880. The maximum atomic E-state index is 10.1. The van der Waals surface area contributed by atoms with Crippen LogP contribution in [0.5, 0.6) is 5.75 Å². The summed E-state index contributed by atoms with van der Waals surface area (Å²) in [6.07, 6.45) is 1.12. The van der Waals surface area contributed by atoms with Crippen LogP contribution in [-0.2, 0) is 0 Å². The third-order valence-electron chi connectivity index (χ3n) is 4.36. The van der Waals surface area contributed by atoms with Gasteiger partial charge in [0.15, 0.2) is 0 Å². The van der Waals surface area contributed by atoms with E-state index in [0.717, 1.165) is 25.1 Å². The summed E-state index contributed by atoms with van der Waals surface area (Å²) in [7, 11) is 2.17. The Morgan fingerprint density at radius 3 is 2.63 bits per heavy atom. The Morgan fingerprint density at radius 2 is 2.11 bits per heavy atom. The van der Waals surface area contributed by atoms with Crippen LogP contribution < -0.4 is 5.73 Å². The second-order valence-electron chi connectivity index (χ2n) is 6.22. The standard InChI is InChI=1S/C16H26N2O/c1-10(2)13-7-14(11(3)5-16(13)19)15-6-12(8-17)9-18(15)4/h5,7,10,12,15,19H,6,8-9,17H2,1-4H3. The van der Waals surface area contributed by atoms with Crippen LogP contribution in [0.15, 0.2) is 12.1 Å². The van der Waals surface area contributed by atoms with Crippen molar-refractivity contribution in [1.29, 1.82) is 0 Å². The third-order valence-corrected chi connectivity index (χ3v) is 4.36. The van der Waals surface area contributed by atoms with Crippen molar-refractivity contribution in [2.24, 2.45) is 11.7 Å². The molecule has 0 amide bonds. The lowest BCUT2D eigenvalue weighted by atomic mass is 9.91. The first-order chi connectivity index (χ1) is 8.93. The Kier molecular flexibility index (Phi) is 4.16. The van der Waals surface area contributed by atoms with Crippen LogP contribution in [0.3, 0.4) is 0 Å².